The van der Waals surface area contributed by atoms with Crippen molar-refractivity contribution >= 4 is 29.3 Å². The first-order chi connectivity index (χ1) is 7.63. The number of rotatable bonds is 5. The third-order valence-electron chi connectivity index (χ3n) is 1.77. The lowest BCUT2D eigenvalue weighted by atomic mass is 10.3. The Bertz CT molecular complexity index is 393. The van der Waals surface area contributed by atoms with Crippen molar-refractivity contribution in [1.29, 1.82) is 0 Å². The number of para-hydroxylation sites is 1. The first-order valence-corrected chi connectivity index (χ1v) is 5.85. The van der Waals surface area contributed by atoms with Crippen LogP contribution in [0.25, 0.3) is 0 Å². The molecule has 0 aromatic heterocycles. The Morgan fingerprint density at radius 3 is 2.69 bits per heavy atom. The van der Waals surface area contributed by atoms with Crippen LogP contribution in [0.15, 0.2) is 29.2 Å². The van der Waals surface area contributed by atoms with Gasteiger partial charge in [-0.3, -0.25) is 9.59 Å². The van der Waals surface area contributed by atoms with Crippen LogP contribution in [-0.2, 0) is 9.59 Å². The van der Waals surface area contributed by atoms with Gasteiger partial charge in [0.05, 0.1) is 5.69 Å². The second kappa shape index (κ2) is 6.17. The molecule has 16 heavy (non-hydrogen) atoms. The molecule has 4 nitrogen and oxygen atoms in total. The molecule has 0 aliphatic carbocycles. The Balaban J connectivity index is 2.72. The molecule has 0 fully saturated rings. The Morgan fingerprint density at radius 1 is 1.38 bits per heavy atom. The molecule has 2 N–H and O–H groups in total. The third kappa shape index (κ3) is 3.94. The van der Waals surface area contributed by atoms with E-state index in [9.17, 15) is 9.59 Å². The van der Waals surface area contributed by atoms with Gasteiger partial charge in [0.2, 0.25) is 5.91 Å². The van der Waals surface area contributed by atoms with Crippen molar-refractivity contribution in [2.24, 2.45) is 0 Å². The minimum Gasteiger partial charge on any atom is -0.481 e. The van der Waals surface area contributed by atoms with Crippen LogP contribution >= 0.6 is 11.8 Å². The fourth-order valence-electron chi connectivity index (χ4n) is 1.18. The number of hydrogen-bond acceptors (Lipinski definition) is 3. The highest BCUT2D eigenvalue weighted by molar-refractivity contribution is 7.99. The van der Waals surface area contributed by atoms with Gasteiger partial charge in [-0.15, -0.1) is 11.8 Å². The second-order valence-corrected chi connectivity index (χ2v) is 4.35. The molecule has 0 atom stereocenters. The molecule has 1 aromatic carbocycles. The monoisotopic (exact) mass is 239 g/mol. The highest BCUT2D eigenvalue weighted by atomic mass is 32.2. The molecule has 0 radical (unpaired) electrons. The van der Waals surface area contributed by atoms with Crippen molar-refractivity contribution in [2.75, 3.05) is 11.1 Å². The normalized spacial score (nSPS) is 9.81. The molecule has 86 valence electrons. The van der Waals surface area contributed by atoms with Crippen molar-refractivity contribution in [1.82, 2.24) is 0 Å². The highest BCUT2D eigenvalue weighted by Crippen LogP contribution is 2.26. The molecule has 0 saturated carbocycles. The summed E-state index contributed by atoms with van der Waals surface area (Å²) in [7, 11) is 0. The van der Waals surface area contributed by atoms with Crippen LogP contribution in [0.5, 0.6) is 0 Å². The number of carboxylic acids is 1. The van der Waals surface area contributed by atoms with Crippen LogP contribution in [0.3, 0.4) is 0 Å². The van der Waals surface area contributed by atoms with Crippen molar-refractivity contribution < 1.29 is 14.7 Å². The van der Waals surface area contributed by atoms with E-state index < -0.39 is 18.3 Å². The average Bonchev–Trinajstić information content (AvgIpc) is 2.20. The Kier molecular flexibility index (Phi) is 4.85. The maximum atomic E-state index is 11.3. The topological polar surface area (TPSA) is 66.4 Å². The summed E-state index contributed by atoms with van der Waals surface area (Å²) in [6, 6.07) is 7.34. The Hall–Kier alpha value is -1.49. The van der Waals surface area contributed by atoms with E-state index in [0.29, 0.717) is 5.69 Å². The summed E-state index contributed by atoms with van der Waals surface area (Å²) in [6.45, 7) is 2.01. The van der Waals surface area contributed by atoms with Crippen LogP contribution in [0.4, 0.5) is 5.69 Å². The first kappa shape index (κ1) is 12.6. The van der Waals surface area contributed by atoms with Crippen LogP contribution in [0.2, 0.25) is 0 Å². The SMILES string of the molecule is CCSc1ccccc1NC(=O)CC(=O)O. The number of benzene rings is 1. The van der Waals surface area contributed by atoms with E-state index in [2.05, 4.69) is 5.32 Å². The predicted molar refractivity (Wildman–Crippen MR) is 63.7 cm³/mol. The smallest absolute Gasteiger partial charge is 0.312 e. The fraction of sp³-hybridized carbons (Fsp3) is 0.273. The number of nitrogens with one attached hydrogen (secondary N) is 1. The van der Waals surface area contributed by atoms with E-state index >= 15 is 0 Å². The third-order valence-corrected chi connectivity index (χ3v) is 2.73. The highest BCUT2D eigenvalue weighted by Gasteiger charge is 2.09. The summed E-state index contributed by atoms with van der Waals surface area (Å²) in [4.78, 5) is 22.6. The van der Waals surface area contributed by atoms with Crippen LogP contribution in [0.1, 0.15) is 13.3 Å². The molecule has 0 spiro atoms. The summed E-state index contributed by atoms with van der Waals surface area (Å²) < 4.78 is 0. The standard InChI is InChI=1S/C11H13NO3S/c1-2-16-9-6-4-3-5-8(9)12-10(13)7-11(14)15/h3-6H,2,7H2,1H3,(H,12,13)(H,14,15). The molecule has 5 heteroatoms. The maximum Gasteiger partial charge on any atom is 0.312 e. The van der Waals surface area contributed by atoms with Gasteiger partial charge in [-0.25, -0.2) is 0 Å². The number of carbonyl (C=O) groups is 2. The molecule has 0 heterocycles. The number of aliphatic carboxylic acids is 1. The van der Waals surface area contributed by atoms with E-state index in [4.69, 9.17) is 5.11 Å². The van der Waals surface area contributed by atoms with E-state index in [0.717, 1.165) is 10.6 Å². The van der Waals surface area contributed by atoms with E-state index in [-0.39, 0.29) is 0 Å². The average molecular weight is 239 g/mol. The largest absolute Gasteiger partial charge is 0.481 e. The number of carbonyl (C=O) groups excluding carboxylic acids is 1. The molecule has 0 bridgehead atoms. The second-order valence-electron chi connectivity index (χ2n) is 3.05. The van der Waals surface area contributed by atoms with Crippen LogP contribution in [0, 0.1) is 0 Å². The summed E-state index contributed by atoms with van der Waals surface area (Å²) >= 11 is 1.60. The van der Waals surface area contributed by atoms with Crippen LogP contribution in [-0.4, -0.2) is 22.7 Å². The van der Waals surface area contributed by atoms with Crippen molar-refractivity contribution in [3.05, 3.63) is 24.3 Å². The van der Waals surface area contributed by atoms with Gasteiger partial charge < -0.3 is 10.4 Å². The van der Waals surface area contributed by atoms with Gasteiger partial charge >= 0.3 is 5.97 Å². The van der Waals surface area contributed by atoms with Crippen molar-refractivity contribution in [3.8, 4) is 0 Å². The van der Waals surface area contributed by atoms with Gasteiger partial charge in [0.15, 0.2) is 0 Å². The quantitative estimate of drug-likeness (QED) is 0.610. The Morgan fingerprint density at radius 2 is 2.06 bits per heavy atom. The molecule has 1 amide bonds. The molecule has 1 rings (SSSR count). The van der Waals surface area contributed by atoms with E-state index in [1.165, 1.54) is 0 Å². The molecule has 0 aliphatic heterocycles. The number of hydrogen-bond donors (Lipinski definition) is 2. The van der Waals surface area contributed by atoms with Gasteiger partial charge in [0, 0.05) is 4.90 Å². The van der Waals surface area contributed by atoms with Gasteiger partial charge in [0.25, 0.3) is 0 Å². The van der Waals surface area contributed by atoms with Gasteiger partial charge in [-0.1, -0.05) is 19.1 Å². The lowest BCUT2D eigenvalue weighted by molar-refractivity contribution is -0.139. The van der Waals surface area contributed by atoms with Gasteiger partial charge in [-0.05, 0) is 17.9 Å². The fourth-order valence-corrected chi connectivity index (χ4v) is 1.94. The Labute approximate surface area is 98.0 Å². The summed E-state index contributed by atoms with van der Waals surface area (Å²) in [5.41, 5.74) is 0.667. The molecule has 1 aromatic rings. The summed E-state index contributed by atoms with van der Waals surface area (Å²) in [6.07, 6.45) is -0.509. The first-order valence-electron chi connectivity index (χ1n) is 4.87. The zero-order valence-electron chi connectivity index (χ0n) is 8.90. The van der Waals surface area contributed by atoms with Gasteiger partial charge in [-0.2, -0.15) is 0 Å². The number of thioether (sulfide) groups is 1. The van der Waals surface area contributed by atoms with E-state index in [1.54, 1.807) is 23.9 Å². The van der Waals surface area contributed by atoms with E-state index in [1.807, 2.05) is 19.1 Å². The predicted octanol–water partition coefficient (Wildman–Crippen LogP) is 2.21. The summed E-state index contributed by atoms with van der Waals surface area (Å²) in [5.74, 6) is -0.735. The molecule has 0 aliphatic rings. The maximum absolute atomic E-state index is 11.3. The zero-order valence-corrected chi connectivity index (χ0v) is 9.71. The molecular weight excluding hydrogens is 226 g/mol. The lowest BCUT2D eigenvalue weighted by Crippen LogP contribution is -2.16. The number of amides is 1. The minimum atomic E-state index is -1.13. The van der Waals surface area contributed by atoms with Crippen molar-refractivity contribution in [2.45, 2.75) is 18.2 Å². The lowest BCUT2D eigenvalue weighted by Gasteiger charge is -2.08. The number of anilines is 1. The molecule has 0 saturated heterocycles. The minimum absolute atomic E-state index is 0.503. The van der Waals surface area contributed by atoms with Crippen molar-refractivity contribution in [3.63, 3.8) is 0 Å². The zero-order chi connectivity index (χ0) is 12.0. The summed E-state index contributed by atoms with van der Waals surface area (Å²) in [5, 5.41) is 11.1. The molecule has 0 unspecified atom stereocenters. The molecular formula is C11H13NO3S. The van der Waals surface area contributed by atoms with Gasteiger partial charge in [0.1, 0.15) is 6.42 Å². The van der Waals surface area contributed by atoms with Crippen LogP contribution < -0.4 is 5.32 Å². The number of carboxylic acid groups (broad SMARTS) is 1.